The maximum absolute atomic E-state index is 12.2. The zero-order chi connectivity index (χ0) is 17.7. The molecule has 1 N–H and O–H groups in total. The van der Waals surface area contributed by atoms with Gasteiger partial charge in [0.15, 0.2) is 0 Å². The fourth-order valence-electron chi connectivity index (χ4n) is 2.48. The first-order valence-electron chi connectivity index (χ1n) is 7.62. The Bertz CT molecular complexity index is 797. The smallest absolute Gasteiger partial charge is 0.241 e. The monoisotopic (exact) mass is 346 g/mol. The van der Waals surface area contributed by atoms with Crippen LogP contribution in [-0.2, 0) is 21.4 Å². The molecule has 0 aliphatic heterocycles. The van der Waals surface area contributed by atoms with Crippen molar-refractivity contribution in [3.63, 3.8) is 0 Å². The average Bonchev–Trinajstić information content (AvgIpc) is 2.49. The molecule has 0 bridgehead atoms. The van der Waals surface area contributed by atoms with Crippen LogP contribution in [0, 0.1) is 13.8 Å². The van der Waals surface area contributed by atoms with Gasteiger partial charge in [-0.25, -0.2) is 8.42 Å². The molecule has 1 amide bonds. The van der Waals surface area contributed by atoms with Gasteiger partial charge in [0.05, 0.1) is 11.9 Å². The Balaban J connectivity index is 2.13. The number of rotatable bonds is 6. The number of hydrogen-bond donors (Lipinski definition) is 1. The molecule has 0 radical (unpaired) electrons. The predicted molar refractivity (Wildman–Crippen MR) is 96.4 cm³/mol. The van der Waals surface area contributed by atoms with Gasteiger partial charge in [-0.05, 0) is 42.7 Å². The fourth-order valence-corrected chi connectivity index (χ4v) is 3.32. The van der Waals surface area contributed by atoms with Crippen molar-refractivity contribution in [1.82, 2.24) is 5.32 Å². The Hall–Kier alpha value is -2.34. The van der Waals surface area contributed by atoms with E-state index < -0.39 is 10.0 Å². The second kappa shape index (κ2) is 7.49. The summed E-state index contributed by atoms with van der Waals surface area (Å²) in [5, 5.41) is 2.76. The Morgan fingerprint density at radius 2 is 1.62 bits per heavy atom. The summed E-state index contributed by atoms with van der Waals surface area (Å²) >= 11 is 0. The van der Waals surface area contributed by atoms with Crippen LogP contribution in [-0.4, -0.2) is 27.1 Å². The summed E-state index contributed by atoms with van der Waals surface area (Å²) in [6.45, 7) is 3.91. The van der Waals surface area contributed by atoms with Crippen molar-refractivity contribution >= 4 is 21.6 Å². The van der Waals surface area contributed by atoms with Crippen molar-refractivity contribution in [2.75, 3.05) is 17.1 Å². The normalized spacial score (nSPS) is 11.1. The van der Waals surface area contributed by atoms with Crippen molar-refractivity contribution in [1.29, 1.82) is 0 Å². The van der Waals surface area contributed by atoms with Gasteiger partial charge in [-0.15, -0.1) is 0 Å². The molecule has 0 aliphatic carbocycles. The first-order valence-corrected chi connectivity index (χ1v) is 9.47. The molecule has 0 aromatic heterocycles. The third-order valence-corrected chi connectivity index (χ3v) is 4.66. The van der Waals surface area contributed by atoms with Crippen molar-refractivity contribution in [3.05, 3.63) is 65.2 Å². The third-order valence-electron chi connectivity index (χ3n) is 3.51. The molecule has 6 heteroatoms. The van der Waals surface area contributed by atoms with Gasteiger partial charge in [0, 0.05) is 6.54 Å². The van der Waals surface area contributed by atoms with Gasteiger partial charge in [-0.1, -0.05) is 36.4 Å². The third kappa shape index (κ3) is 5.09. The molecule has 24 heavy (non-hydrogen) atoms. The van der Waals surface area contributed by atoms with E-state index in [2.05, 4.69) is 5.32 Å². The second-order valence-corrected chi connectivity index (χ2v) is 7.78. The van der Waals surface area contributed by atoms with E-state index in [1.807, 2.05) is 50.2 Å². The van der Waals surface area contributed by atoms with Crippen LogP contribution in [0.4, 0.5) is 5.69 Å². The van der Waals surface area contributed by atoms with Crippen LogP contribution in [0.15, 0.2) is 48.5 Å². The summed E-state index contributed by atoms with van der Waals surface area (Å²) in [6, 6.07) is 15.0. The summed E-state index contributed by atoms with van der Waals surface area (Å²) in [5.74, 6) is -0.344. The summed E-state index contributed by atoms with van der Waals surface area (Å²) in [5.41, 5.74) is 3.36. The topological polar surface area (TPSA) is 66.5 Å². The summed E-state index contributed by atoms with van der Waals surface area (Å²) in [7, 11) is -3.56. The van der Waals surface area contributed by atoms with Gasteiger partial charge < -0.3 is 5.32 Å². The van der Waals surface area contributed by atoms with Crippen LogP contribution in [0.2, 0.25) is 0 Å². The minimum Gasteiger partial charge on any atom is -0.350 e. The molecule has 2 rings (SSSR count). The first-order chi connectivity index (χ1) is 11.3. The highest BCUT2D eigenvalue weighted by Gasteiger charge is 2.21. The van der Waals surface area contributed by atoms with Crippen LogP contribution < -0.4 is 9.62 Å². The highest BCUT2D eigenvalue weighted by Crippen LogP contribution is 2.21. The lowest BCUT2D eigenvalue weighted by Crippen LogP contribution is -2.40. The Labute approximate surface area is 143 Å². The number of amides is 1. The molecule has 2 aromatic carbocycles. The van der Waals surface area contributed by atoms with Gasteiger partial charge in [0.1, 0.15) is 6.54 Å². The number of aryl methyl sites for hydroxylation is 2. The molecule has 0 atom stereocenters. The van der Waals surface area contributed by atoms with E-state index in [1.54, 1.807) is 12.1 Å². The van der Waals surface area contributed by atoms with E-state index in [0.717, 1.165) is 27.3 Å². The minimum absolute atomic E-state index is 0.242. The number of anilines is 1. The number of hydrogen-bond acceptors (Lipinski definition) is 3. The molecule has 2 aromatic rings. The number of nitrogens with zero attached hydrogens (tertiary/aromatic N) is 1. The molecule has 128 valence electrons. The van der Waals surface area contributed by atoms with Crippen LogP contribution in [0.3, 0.4) is 0 Å². The van der Waals surface area contributed by atoms with Crippen molar-refractivity contribution in [3.8, 4) is 0 Å². The lowest BCUT2D eigenvalue weighted by atomic mass is 10.1. The summed E-state index contributed by atoms with van der Waals surface area (Å²) < 4.78 is 25.4. The van der Waals surface area contributed by atoms with Crippen molar-refractivity contribution in [2.24, 2.45) is 0 Å². The highest BCUT2D eigenvalue weighted by molar-refractivity contribution is 7.92. The molecule has 0 unspecified atom stereocenters. The molecular formula is C18H22N2O3S. The number of nitrogens with one attached hydrogen (secondary N) is 1. The van der Waals surface area contributed by atoms with Crippen LogP contribution >= 0.6 is 0 Å². The van der Waals surface area contributed by atoms with E-state index in [1.165, 1.54) is 0 Å². The predicted octanol–water partition coefficient (Wildman–Crippen LogP) is 2.39. The number of carbonyl (C=O) groups excluding carboxylic acids is 1. The molecule has 0 saturated carbocycles. The van der Waals surface area contributed by atoms with Gasteiger partial charge in [0.25, 0.3) is 0 Å². The lowest BCUT2D eigenvalue weighted by molar-refractivity contribution is -0.119. The standard InChI is InChI=1S/C18H22N2O3S/c1-14-9-15(2)11-17(10-14)20(24(3,22)23)13-18(21)19-12-16-7-5-4-6-8-16/h4-11H,12-13H2,1-3H3,(H,19,21). The molecule has 0 saturated heterocycles. The van der Waals surface area contributed by atoms with E-state index in [9.17, 15) is 13.2 Å². The van der Waals surface area contributed by atoms with E-state index in [-0.39, 0.29) is 12.5 Å². The molecular weight excluding hydrogens is 324 g/mol. The van der Waals surface area contributed by atoms with Gasteiger partial charge in [-0.3, -0.25) is 9.10 Å². The zero-order valence-corrected chi connectivity index (χ0v) is 14.9. The second-order valence-electron chi connectivity index (χ2n) is 5.88. The quantitative estimate of drug-likeness (QED) is 0.873. The van der Waals surface area contributed by atoms with Crippen LogP contribution in [0.5, 0.6) is 0 Å². The molecule has 5 nitrogen and oxygen atoms in total. The average molecular weight is 346 g/mol. The molecule has 0 fully saturated rings. The summed E-state index contributed by atoms with van der Waals surface area (Å²) in [6.07, 6.45) is 1.11. The number of carbonyl (C=O) groups is 1. The lowest BCUT2D eigenvalue weighted by Gasteiger charge is -2.22. The fraction of sp³-hybridized carbons (Fsp3) is 0.278. The van der Waals surface area contributed by atoms with Crippen molar-refractivity contribution < 1.29 is 13.2 Å². The van der Waals surface area contributed by atoms with E-state index in [4.69, 9.17) is 0 Å². The van der Waals surface area contributed by atoms with Gasteiger partial charge in [-0.2, -0.15) is 0 Å². The number of benzene rings is 2. The Morgan fingerprint density at radius 1 is 1.04 bits per heavy atom. The molecule has 0 heterocycles. The zero-order valence-electron chi connectivity index (χ0n) is 14.1. The van der Waals surface area contributed by atoms with E-state index in [0.29, 0.717) is 12.2 Å². The highest BCUT2D eigenvalue weighted by atomic mass is 32.2. The van der Waals surface area contributed by atoms with Crippen LogP contribution in [0.1, 0.15) is 16.7 Å². The maximum Gasteiger partial charge on any atom is 0.241 e. The van der Waals surface area contributed by atoms with Gasteiger partial charge in [0.2, 0.25) is 15.9 Å². The Kier molecular flexibility index (Phi) is 5.62. The summed E-state index contributed by atoms with van der Waals surface area (Å²) in [4.78, 5) is 12.2. The number of sulfonamides is 1. The van der Waals surface area contributed by atoms with Gasteiger partial charge >= 0.3 is 0 Å². The van der Waals surface area contributed by atoms with Crippen LogP contribution in [0.25, 0.3) is 0 Å². The largest absolute Gasteiger partial charge is 0.350 e. The maximum atomic E-state index is 12.2. The molecule has 0 spiro atoms. The Morgan fingerprint density at radius 3 is 2.17 bits per heavy atom. The van der Waals surface area contributed by atoms with Crippen molar-refractivity contribution in [2.45, 2.75) is 20.4 Å². The first kappa shape index (κ1) is 18.0. The SMILES string of the molecule is Cc1cc(C)cc(N(CC(=O)NCc2ccccc2)S(C)(=O)=O)c1. The minimum atomic E-state index is -3.56. The molecule has 0 aliphatic rings. The van der Waals surface area contributed by atoms with E-state index >= 15 is 0 Å².